The van der Waals surface area contributed by atoms with Crippen LogP contribution in [0.15, 0.2) is 64.1 Å². The van der Waals surface area contributed by atoms with E-state index in [9.17, 15) is 9.90 Å². The van der Waals surface area contributed by atoms with Crippen LogP contribution < -0.4 is 0 Å². The molecule has 0 unspecified atom stereocenters. The Kier molecular flexibility index (Phi) is 14.4. The van der Waals surface area contributed by atoms with Gasteiger partial charge in [-0.3, -0.25) is 0 Å². The molecule has 0 spiro atoms. The number of phosphoric acid groups is 1. The number of carboxylic acids is 1. The van der Waals surface area contributed by atoms with Crippen LogP contribution in [0.25, 0.3) is 0 Å². The lowest BCUT2D eigenvalue weighted by molar-refractivity contribution is 0.0693. The highest BCUT2D eigenvalue weighted by molar-refractivity contribution is 7.99. The summed E-state index contributed by atoms with van der Waals surface area (Å²) in [6, 6.07) is 7.18. The van der Waals surface area contributed by atoms with Gasteiger partial charge in [-0.25, -0.2) is 9.36 Å². The Hall–Kier alpha value is -1.63. The van der Waals surface area contributed by atoms with Crippen molar-refractivity contribution < 1.29 is 29.1 Å². The zero-order valence-corrected chi connectivity index (χ0v) is 19.7. The van der Waals surface area contributed by atoms with Gasteiger partial charge in [0.25, 0.3) is 0 Å². The van der Waals surface area contributed by atoms with Gasteiger partial charge in [-0.05, 0) is 65.5 Å². The molecule has 0 saturated carbocycles. The Bertz CT molecular complexity index is 795. The van der Waals surface area contributed by atoms with Crippen molar-refractivity contribution in [2.75, 3.05) is 5.75 Å². The zero-order valence-electron chi connectivity index (χ0n) is 18.0. The molecule has 4 N–H and O–H groups in total. The topological polar surface area (TPSA) is 115 Å². The van der Waals surface area contributed by atoms with E-state index in [1.807, 2.05) is 12.1 Å². The number of carboxylic acid groups (broad SMARTS) is 1. The van der Waals surface area contributed by atoms with Crippen LogP contribution in [0.4, 0.5) is 0 Å². The summed E-state index contributed by atoms with van der Waals surface area (Å²) in [6.45, 7) is 8.63. The van der Waals surface area contributed by atoms with Gasteiger partial charge in [-0.2, -0.15) is 0 Å². The van der Waals surface area contributed by atoms with Crippen LogP contribution in [0.2, 0.25) is 0 Å². The molecule has 0 heterocycles. The molecule has 0 fully saturated rings. The van der Waals surface area contributed by atoms with E-state index in [-0.39, 0.29) is 0 Å². The van der Waals surface area contributed by atoms with Crippen LogP contribution in [0.3, 0.4) is 0 Å². The lowest BCUT2D eigenvalue weighted by Crippen LogP contribution is -1.98. The Balaban J connectivity index is 0.00000150. The van der Waals surface area contributed by atoms with Crippen molar-refractivity contribution in [3.8, 4) is 0 Å². The maximum absolute atomic E-state index is 11.2. The van der Waals surface area contributed by atoms with E-state index in [2.05, 4.69) is 45.9 Å². The quantitative estimate of drug-likeness (QED) is 0.195. The number of hydrogen-bond acceptors (Lipinski definition) is 3. The number of benzene rings is 1. The molecule has 0 aromatic heterocycles. The Labute approximate surface area is 183 Å². The highest BCUT2D eigenvalue weighted by Gasteiger charge is 2.08. The molecule has 1 aromatic rings. The molecule has 0 saturated heterocycles. The van der Waals surface area contributed by atoms with Crippen LogP contribution in [-0.2, 0) is 4.57 Å². The maximum atomic E-state index is 11.2. The first-order valence-electron chi connectivity index (χ1n) is 9.58. The zero-order chi connectivity index (χ0) is 23.2. The maximum Gasteiger partial charge on any atom is 0.466 e. The average Bonchev–Trinajstić information content (AvgIpc) is 2.60. The van der Waals surface area contributed by atoms with E-state index in [1.165, 1.54) is 16.7 Å². The van der Waals surface area contributed by atoms with Crippen LogP contribution in [0.5, 0.6) is 0 Å². The number of hydrogen-bond donors (Lipinski definition) is 4. The fourth-order valence-corrected chi connectivity index (χ4v) is 3.41. The third-order valence-electron chi connectivity index (χ3n) is 3.91. The predicted octanol–water partition coefficient (Wildman–Crippen LogP) is 5.97. The lowest BCUT2D eigenvalue weighted by Gasteiger charge is -2.04. The fourth-order valence-electron chi connectivity index (χ4n) is 2.38. The molecule has 0 atom stereocenters. The Morgan fingerprint density at radius 1 is 0.933 bits per heavy atom. The van der Waals surface area contributed by atoms with E-state index < -0.39 is 13.8 Å². The van der Waals surface area contributed by atoms with E-state index in [1.54, 1.807) is 23.9 Å². The Morgan fingerprint density at radius 3 is 1.97 bits per heavy atom. The van der Waals surface area contributed by atoms with Crippen molar-refractivity contribution in [1.82, 2.24) is 0 Å². The first-order valence-corrected chi connectivity index (χ1v) is 12.1. The number of allylic oxidation sites excluding steroid dienone is 5. The van der Waals surface area contributed by atoms with Gasteiger partial charge in [0.05, 0.1) is 5.56 Å². The molecule has 0 aliphatic carbocycles. The number of rotatable bonds is 10. The number of carbonyl (C=O) groups is 1. The number of aromatic carboxylic acids is 1. The smallest absolute Gasteiger partial charge is 0.466 e. The molecule has 1 rings (SSSR count). The first kappa shape index (κ1) is 28.4. The summed E-state index contributed by atoms with van der Waals surface area (Å²) in [4.78, 5) is 33.6. The van der Waals surface area contributed by atoms with E-state index >= 15 is 0 Å². The minimum atomic E-state index is -4.64. The second kappa shape index (κ2) is 15.2. The minimum Gasteiger partial charge on any atom is -0.478 e. The summed E-state index contributed by atoms with van der Waals surface area (Å²) in [5, 5.41) is 9.20. The first-order chi connectivity index (χ1) is 13.9. The summed E-state index contributed by atoms with van der Waals surface area (Å²) < 4.78 is 8.88. The monoisotopic (exact) mass is 456 g/mol. The third kappa shape index (κ3) is 17.2. The summed E-state index contributed by atoms with van der Waals surface area (Å²) in [7, 11) is -4.64. The van der Waals surface area contributed by atoms with Crippen LogP contribution in [-0.4, -0.2) is 31.5 Å². The van der Waals surface area contributed by atoms with Gasteiger partial charge in [-0.1, -0.05) is 47.1 Å². The summed E-state index contributed by atoms with van der Waals surface area (Å²) in [6.07, 6.45) is 11.2. The van der Waals surface area contributed by atoms with Gasteiger partial charge >= 0.3 is 13.8 Å². The molecule has 0 aliphatic rings. The van der Waals surface area contributed by atoms with Gasteiger partial charge in [0, 0.05) is 10.6 Å². The molecule has 168 valence electrons. The van der Waals surface area contributed by atoms with Crippen molar-refractivity contribution in [1.29, 1.82) is 0 Å². The molecule has 1 aromatic carbocycles. The Morgan fingerprint density at radius 2 is 1.43 bits per heavy atom. The van der Waals surface area contributed by atoms with Crippen molar-refractivity contribution >= 4 is 25.6 Å². The number of thioether (sulfide) groups is 1. The van der Waals surface area contributed by atoms with Crippen molar-refractivity contribution in [3.63, 3.8) is 0 Å². The lowest BCUT2D eigenvalue weighted by atomic mass is 10.1. The van der Waals surface area contributed by atoms with Gasteiger partial charge in [0.1, 0.15) is 0 Å². The normalized spacial score (nSPS) is 12.1. The van der Waals surface area contributed by atoms with Crippen LogP contribution in [0, 0.1) is 0 Å². The van der Waals surface area contributed by atoms with E-state index in [0.29, 0.717) is 5.56 Å². The van der Waals surface area contributed by atoms with Crippen molar-refractivity contribution in [2.45, 2.75) is 58.3 Å². The van der Waals surface area contributed by atoms with Crippen LogP contribution in [0.1, 0.15) is 63.7 Å². The second-order valence-electron chi connectivity index (χ2n) is 7.09. The largest absolute Gasteiger partial charge is 0.478 e. The van der Waals surface area contributed by atoms with Crippen LogP contribution >= 0.6 is 19.6 Å². The molecular weight excluding hydrogens is 423 g/mol. The molecular formula is C22H33O6PS. The van der Waals surface area contributed by atoms with Gasteiger partial charge in [0.15, 0.2) is 0 Å². The van der Waals surface area contributed by atoms with Gasteiger partial charge < -0.3 is 19.8 Å². The molecule has 30 heavy (non-hydrogen) atoms. The SMILES string of the molecule is CC(C)=CCCC(C)=CCCC(C)=CCSc1ccccc1C(=O)O.O=P(O)(O)O. The third-order valence-corrected chi connectivity index (χ3v) is 4.91. The van der Waals surface area contributed by atoms with E-state index in [0.717, 1.165) is 36.3 Å². The van der Waals surface area contributed by atoms with Gasteiger partial charge in [0.2, 0.25) is 0 Å². The molecule has 0 radical (unpaired) electrons. The molecule has 0 bridgehead atoms. The summed E-state index contributed by atoms with van der Waals surface area (Å²) in [5.74, 6) is -0.0584. The fraction of sp³-hybridized carbons (Fsp3) is 0.409. The summed E-state index contributed by atoms with van der Waals surface area (Å²) >= 11 is 1.58. The molecule has 0 aliphatic heterocycles. The second-order valence-corrected chi connectivity index (χ2v) is 9.17. The van der Waals surface area contributed by atoms with Gasteiger partial charge in [-0.15, -0.1) is 11.8 Å². The molecule has 6 nitrogen and oxygen atoms in total. The van der Waals surface area contributed by atoms with Crippen molar-refractivity contribution in [3.05, 3.63) is 64.8 Å². The minimum absolute atomic E-state index is 0.383. The standard InChI is InChI=1S/C22H30O2S.H3O4P/c1-17(2)9-7-10-18(3)11-8-12-19(4)15-16-25-21-14-6-5-13-20(21)22(23)24;1-5(2,3)4/h5-6,9,11,13-15H,7-8,10,12,16H2,1-4H3,(H,23,24);(H3,1,2,3,4). The highest BCUT2D eigenvalue weighted by Crippen LogP contribution is 2.26. The molecule has 8 heteroatoms. The average molecular weight is 457 g/mol. The molecule has 0 amide bonds. The predicted molar refractivity (Wildman–Crippen MR) is 124 cm³/mol. The highest BCUT2D eigenvalue weighted by atomic mass is 32.2. The summed E-state index contributed by atoms with van der Waals surface area (Å²) in [5.41, 5.74) is 4.57. The van der Waals surface area contributed by atoms with E-state index in [4.69, 9.17) is 19.2 Å². The van der Waals surface area contributed by atoms with Crippen molar-refractivity contribution in [2.24, 2.45) is 0 Å².